The maximum atomic E-state index is 13.4. The van der Waals surface area contributed by atoms with Crippen LogP contribution < -0.4 is 10.1 Å². The number of ether oxygens (including phenoxy) is 1. The molecule has 3 aromatic carbocycles. The van der Waals surface area contributed by atoms with Crippen LogP contribution in [0.15, 0.2) is 66.2 Å². The molecule has 1 N–H and O–H groups in total. The Hall–Kier alpha value is -3.07. The summed E-state index contributed by atoms with van der Waals surface area (Å²) in [5, 5.41) is 6.09. The van der Waals surface area contributed by atoms with Crippen LogP contribution in [0.4, 0.5) is 5.69 Å². The van der Waals surface area contributed by atoms with Gasteiger partial charge in [-0.05, 0) is 51.9 Å². The lowest BCUT2D eigenvalue weighted by Crippen LogP contribution is -2.33. The number of fused-ring (bicyclic) bond motifs is 4. The lowest BCUT2D eigenvalue weighted by atomic mass is 9.68. The zero-order chi connectivity index (χ0) is 20.2. The molecule has 0 fully saturated rings. The molecule has 0 bridgehead atoms. The monoisotopic (exact) mass is 383 g/mol. The molecule has 0 saturated carbocycles. The summed E-state index contributed by atoms with van der Waals surface area (Å²) in [7, 11) is 1.67. The Morgan fingerprint density at radius 1 is 1.00 bits per heavy atom. The quantitative estimate of drug-likeness (QED) is 0.576. The van der Waals surface area contributed by atoms with Gasteiger partial charge in [0.2, 0.25) is 0 Å². The lowest BCUT2D eigenvalue weighted by Gasteiger charge is -2.40. The minimum absolute atomic E-state index is 0.0413. The Labute approximate surface area is 171 Å². The van der Waals surface area contributed by atoms with Crippen molar-refractivity contribution in [2.75, 3.05) is 12.4 Å². The van der Waals surface area contributed by atoms with Crippen molar-refractivity contribution in [1.29, 1.82) is 0 Å². The predicted molar refractivity (Wildman–Crippen MR) is 118 cm³/mol. The van der Waals surface area contributed by atoms with E-state index in [0.717, 1.165) is 29.0 Å². The van der Waals surface area contributed by atoms with Gasteiger partial charge in [0.15, 0.2) is 5.78 Å². The Morgan fingerprint density at radius 3 is 2.66 bits per heavy atom. The van der Waals surface area contributed by atoms with E-state index in [1.54, 1.807) is 7.11 Å². The van der Waals surface area contributed by atoms with Crippen LogP contribution in [0.2, 0.25) is 0 Å². The van der Waals surface area contributed by atoms with E-state index >= 15 is 0 Å². The van der Waals surface area contributed by atoms with Gasteiger partial charge in [0.25, 0.3) is 0 Å². The van der Waals surface area contributed by atoms with E-state index in [1.165, 1.54) is 21.9 Å². The molecule has 3 nitrogen and oxygen atoms in total. The van der Waals surface area contributed by atoms with Crippen LogP contribution in [-0.4, -0.2) is 12.9 Å². The summed E-state index contributed by atoms with van der Waals surface area (Å²) in [5.41, 5.74) is 5.43. The number of hydrogen-bond acceptors (Lipinski definition) is 3. The molecule has 1 aliphatic heterocycles. The van der Waals surface area contributed by atoms with E-state index in [2.05, 4.69) is 61.6 Å². The molecule has 1 aliphatic carbocycles. The normalized spacial score (nSPS) is 20.1. The van der Waals surface area contributed by atoms with Crippen molar-refractivity contribution in [3.05, 3.63) is 77.4 Å². The van der Waals surface area contributed by atoms with Gasteiger partial charge in [-0.15, -0.1) is 0 Å². The molecule has 1 atom stereocenters. The third-order valence-corrected chi connectivity index (χ3v) is 6.17. The molecule has 2 aliphatic rings. The number of rotatable bonds is 2. The van der Waals surface area contributed by atoms with Crippen molar-refractivity contribution >= 4 is 27.8 Å². The first-order valence-corrected chi connectivity index (χ1v) is 10.2. The summed E-state index contributed by atoms with van der Waals surface area (Å²) < 4.78 is 5.44. The molecule has 146 valence electrons. The highest BCUT2D eigenvalue weighted by Gasteiger charge is 2.40. The number of hydrogen-bond donors (Lipinski definition) is 1. The number of anilines is 1. The summed E-state index contributed by atoms with van der Waals surface area (Å²) in [6.45, 7) is 4.39. The molecule has 0 saturated heterocycles. The molecule has 5 rings (SSSR count). The van der Waals surface area contributed by atoms with Crippen molar-refractivity contribution in [2.24, 2.45) is 5.41 Å². The fourth-order valence-corrected chi connectivity index (χ4v) is 4.91. The second-order valence-electron chi connectivity index (χ2n) is 8.90. The van der Waals surface area contributed by atoms with Crippen molar-refractivity contribution in [3.63, 3.8) is 0 Å². The highest BCUT2D eigenvalue weighted by molar-refractivity contribution is 6.12. The molecule has 3 heteroatoms. The van der Waals surface area contributed by atoms with Gasteiger partial charge in [0, 0.05) is 23.2 Å². The van der Waals surface area contributed by atoms with Crippen molar-refractivity contribution < 1.29 is 9.53 Å². The zero-order valence-corrected chi connectivity index (χ0v) is 17.1. The first-order chi connectivity index (χ1) is 14.0. The van der Waals surface area contributed by atoms with E-state index in [1.807, 2.05) is 18.2 Å². The highest BCUT2D eigenvalue weighted by Crippen LogP contribution is 2.52. The number of carbonyl (C=O) groups is 1. The number of carbonyl (C=O) groups excluding carboxylic acids is 1. The fraction of sp³-hybridized carbons (Fsp3) is 0.269. The minimum atomic E-state index is -0.155. The number of ketones is 1. The first-order valence-electron chi connectivity index (χ1n) is 10.2. The Kier molecular flexibility index (Phi) is 4.02. The van der Waals surface area contributed by atoms with E-state index in [-0.39, 0.29) is 17.2 Å². The van der Waals surface area contributed by atoms with E-state index in [0.29, 0.717) is 6.42 Å². The van der Waals surface area contributed by atoms with Crippen LogP contribution in [0.1, 0.15) is 43.9 Å². The number of methoxy groups -OCH3 is 1. The first kappa shape index (κ1) is 18.0. The van der Waals surface area contributed by atoms with Crippen LogP contribution in [0.5, 0.6) is 5.75 Å². The number of nitrogens with one attached hydrogen (secondary N) is 1. The molecule has 0 radical (unpaired) electrons. The van der Waals surface area contributed by atoms with E-state index < -0.39 is 0 Å². The summed E-state index contributed by atoms with van der Waals surface area (Å²) >= 11 is 0. The highest BCUT2D eigenvalue weighted by atomic mass is 16.5. The molecular weight excluding hydrogens is 358 g/mol. The van der Waals surface area contributed by atoms with Crippen molar-refractivity contribution in [3.8, 4) is 5.75 Å². The van der Waals surface area contributed by atoms with Crippen LogP contribution in [0, 0.1) is 5.41 Å². The van der Waals surface area contributed by atoms with Gasteiger partial charge in [0.1, 0.15) is 5.75 Å². The molecule has 1 heterocycles. The molecule has 0 amide bonds. The molecule has 0 aromatic heterocycles. The number of Topliss-reactive ketones (excluding diaryl/α,β-unsaturated/α-hetero) is 1. The lowest BCUT2D eigenvalue weighted by molar-refractivity contribution is -0.118. The van der Waals surface area contributed by atoms with E-state index in [4.69, 9.17) is 4.74 Å². The van der Waals surface area contributed by atoms with Crippen molar-refractivity contribution in [2.45, 2.75) is 32.7 Å². The zero-order valence-electron chi connectivity index (χ0n) is 17.1. The third-order valence-electron chi connectivity index (χ3n) is 6.17. The Bertz CT molecular complexity index is 1170. The topological polar surface area (TPSA) is 38.3 Å². The average Bonchev–Trinajstić information content (AvgIpc) is 2.71. The van der Waals surface area contributed by atoms with Gasteiger partial charge >= 0.3 is 0 Å². The molecule has 29 heavy (non-hydrogen) atoms. The van der Waals surface area contributed by atoms with Crippen LogP contribution in [0.25, 0.3) is 16.3 Å². The van der Waals surface area contributed by atoms with Crippen molar-refractivity contribution in [1.82, 2.24) is 0 Å². The van der Waals surface area contributed by atoms with Gasteiger partial charge < -0.3 is 10.1 Å². The summed E-state index contributed by atoms with van der Waals surface area (Å²) in [5.74, 6) is 1.05. The molecular formula is C26H25NO2. The average molecular weight is 383 g/mol. The SMILES string of the molecule is COc1cccc([C@@H]2Nc3ccc4ccccc4c3C3=C2C(=O)CC(C)(C)C3)c1. The standard InChI is InChI=1S/C26H25NO2/c1-26(2)14-20-23-19-10-5-4-7-16(19)11-12-21(23)27-25(24(20)22(28)15-26)17-8-6-9-18(13-17)29-3/h4-13,25,27H,14-15H2,1-3H3/t25-/m0/s1. The van der Waals surface area contributed by atoms with Crippen LogP contribution in [-0.2, 0) is 4.79 Å². The summed E-state index contributed by atoms with van der Waals surface area (Å²) in [4.78, 5) is 13.4. The largest absolute Gasteiger partial charge is 0.497 e. The fourth-order valence-electron chi connectivity index (χ4n) is 4.91. The Balaban J connectivity index is 1.79. The smallest absolute Gasteiger partial charge is 0.162 e. The van der Waals surface area contributed by atoms with Crippen LogP contribution >= 0.6 is 0 Å². The predicted octanol–water partition coefficient (Wildman–Crippen LogP) is 6.16. The van der Waals surface area contributed by atoms with Gasteiger partial charge in [-0.3, -0.25) is 4.79 Å². The van der Waals surface area contributed by atoms with Gasteiger partial charge in [0.05, 0.1) is 13.2 Å². The number of benzene rings is 3. The van der Waals surface area contributed by atoms with E-state index in [9.17, 15) is 4.79 Å². The maximum absolute atomic E-state index is 13.4. The van der Waals surface area contributed by atoms with Gasteiger partial charge in [-0.1, -0.05) is 56.3 Å². The second-order valence-corrected chi connectivity index (χ2v) is 8.90. The Morgan fingerprint density at radius 2 is 1.83 bits per heavy atom. The van der Waals surface area contributed by atoms with Crippen LogP contribution in [0.3, 0.4) is 0 Å². The third kappa shape index (κ3) is 2.93. The van der Waals surface area contributed by atoms with Gasteiger partial charge in [-0.25, -0.2) is 0 Å². The number of allylic oxidation sites excluding steroid dienone is 1. The summed E-state index contributed by atoms with van der Waals surface area (Å²) in [6, 6.07) is 20.6. The maximum Gasteiger partial charge on any atom is 0.162 e. The van der Waals surface area contributed by atoms with Gasteiger partial charge in [-0.2, -0.15) is 0 Å². The summed E-state index contributed by atoms with van der Waals surface area (Å²) in [6.07, 6.45) is 1.48. The second kappa shape index (κ2) is 6.48. The molecule has 0 unspecified atom stereocenters. The molecule has 0 spiro atoms. The minimum Gasteiger partial charge on any atom is -0.497 e. The molecule has 3 aromatic rings.